The maximum Gasteiger partial charge on any atom is 0.312 e. The monoisotopic (exact) mass is 249 g/mol. The van der Waals surface area contributed by atoms with Crippen LogP contribution in [0.4, 0.5) is 0 Å². The molecular formula is C14H19NO3. The lowest BCUT2D eigenvalue weighted by Gasteiger charge is -2.33. The van der Waals surface area contributed by atoms with E-state index >= 15 is 0 Å². The number of ether oxygens (including phenoxy) is 1. The van der Waals surface area contributed by atoms with Gasteiger partial charge in [-0.1, -0.05) is 12.1 Å². The van der Waals surface area contributed by atoms with Gasteiger partial charge in [0.25, 0.3) is 0 Å². The first-order chi connectivity index (χ1) is 8.43. The molecule has 1 unspecified atom stereocenters. The molecule has 0 saturated carbocycles. The first-order valence-corrected chi connectivity index (χ1v) is 6.17. The van der Waals surface area contributed by atoms with Crippen LogP contribution in [-0.4, -0.2) is 23.2 Å². The highest BCUT2D eigenvalue weighted by Gasteiger charge is 2.27. The Balaban J connectivity index is 2.31. The second-order valence-corrected chi connectivity index (χ2v) is 5.36. The van der Waals surface area contributed by atoms with Gasteiger partial charge in [0.05, 0.1) is 5.92 Å². The van der Waals surface area contributed by atoms with Gasteiger partial charge >= 0.3 is 5.97 Å². The second kappa shape index (κ2) is 4.61. The molecule has 0 spiro atoms. The van der Waals surface area contributed by atoms with E-state index in [0.717, 1.165) is 29.7 Å². The van der Waals surface area contributed by atoms with Crippen molar-refractivity contribution in [2.45, 2.75) is 38.2 Å². The van der Waals surface area contributed by atoms with E-state index in [9.17, 15) is 4.79 Å². The number of fused-ring (bicyclic) bond motifs is 1. The van der Waals surface area contributed by atoms with Crippen LogP contribution in [0.1, 0.15) is 37.3 Å². The summed E-state index contributed by atoms with van der Waals surface area (Å²) in [6.45, 7) is 4.23. The molecule has 1 atom stereocenters. The molecule has 2 rings (SSSR count). The Labute approximate surface area is 107 Å². The smallest absolute Gasteiger partial charge is 0.312 e. The van der Waals surface area contributed by atoms with Crippen molar-refractivity contribution in [3.63, 3.8) is 0 Å². The van der Waals surface area contributed by atoms with Crippen LogP contribution in [0.25, 0.3) is 0 Å². The lowest BCUT2D eigenvalue weighted by atomic mass is 9.90. The molecule has 0 saturated heterocycles. The van der Waals surface area contributed by atoms with Crippen LogP contribution in [0.3, 0.4) is 0 Å². The maximum absolute atomic E-state index is 11.1. The van der Waals surface area contributed by atoms with Crippen LogP contribution in [0.2, 0.25) is 0 Å². The van der Waals surface area contributed by atoms with Gasteiger partial charge in [0.15, 0.2) is 0 Å². The number of rotatable bonds is 3. The molecule has 0 aromatic heterocycles. The summed E-state index contributed by atoms with van der Waals surface area (Å²) in [4.78, 5) is 11.1. The lowest BCUT2D eigenvalue weighted by Crippen LogP contribution is -2.32. The van der Waals surface area contributed by atoms with Gasteiger partial charge in [-0.05, 0) is 43.9 Å². The molecule has 0 aliphatic carbocycles. The van der Waals surface area contributed by atoms with Gasteiger partial charge in [-0.2, -0.15) is 0 Å². The Morgan fingerprint density at radius 2 is 2.28 bits per heavy atom. The molecule has 0 bridgehead atoms. The summed E-state index contributed by atoms with van der Waals surface area (Å²) in [7, 11) is 0. The fourth-order valence-electron chi connectivity index (χ4n) is 2.27. The zero-order chi connectivity index (χ0) is 13.3. The van der Waals surface area contributed by atoms with Crippen LogP contribution >= 0.6 is 0 Å². The van der Waals surface area contributed by atoms with Gasteiger partial charge in [0, 0.05) is 6.54 Å². The van der Waals surface area contributed by atoms with E-state index in [2.05, 4.69) is 13.8 Å². The number of carboxylic acids is 1. The highest BCUT2D eigenvalue weighted by Crippen LogP contribution is 2.34. The van der Waals surface area contributed by atoms with Crippen LogP contribution in [0.5, 0.6) is 5.75 Å². The number of benzene rings is 1. The van der Waals surface area contributed by atoms with Crippen molar-refractivity contribution in [2.24, 2.45) is 5.73 Å². The Morgan fingerprint density at radius 1 is 1.56 bits per heavy atom. The highest BCUT2D eigenvalue weighted by molar-refractivity contribution is 5.76. The predicted molar refractivity (Wildman–Crippen MR) is 68.9 cm³/mol. The zero-order valence-electron chi connectivity index (χ0n) is 10.8. The van der Waals surface area contributed by atoms with Crippen LogP contribution in [0.15, 0.2) is 18.2 Å². The summed E-state index contributed by atoms with van der Waals surface area (Å²) in [6, 6.07) is 5.57. The van der Waals surface area contributed by atoms with Gasteiger partial charge in [-0.25, -0.2) is 0 Å². The van der Waals surface area contributed by atoms with E-state index in [-0.39, 0.29) is 12.1 Å². The van der Waals surface area contributed by atoms with E-state index in [0.29, 0.717) is 0 Å². The molecule has 1 heterocycles. The van der Waals surface area contributed by atoms with E-state index in [1.807, 2.05) is 12.1 Å². The third-order valence-corrected chi connectivity index (χ3v) is 3.40. The third kappa shape index (κ3) is 2.48. The Hall–Kier alpha value is -1.55. The quantitative estimate of drug-likeness (QED) is 0.858. The topological polar surface area (TPSA) is 72.6 Å². The van der Waals surface area contributed by atoms with Gasteiger partial charge < -0.3 is 15.6 Å². The molecular weight excluding hydrogens is 230 g/mol. The molecule has 1 aromatic carbocycles. The van der Waals surface area contributed by atoms with Crippen molar-refractivity contribution in [1.82, 2.24) is 0 Å². The van der Waals surface area contributed by atoms with Crippen molar-refractivity contribution in [3.05, 3.63) is 29.3 Å². The number of aryl methyl sites for hydroxylation is 1. The molecule has 1 aliphatic rings. The molecule has 0 amide bonds. The fraction of sp³-hybridized carbons (Fsp3) is 0.500. The SMILES string of the molecule is CC1(C)CCc2cc(C(CN)C(=O)O)ccc2O1. The molecule has 0 radical (unpaired) electrons. The standard InChI is InChI=1S/C14H19NO3/c1-14(2)6-5-10-7-9(3-4-12(10)18-14)11(8-15)13(16)17/h3-4,7,11H,5-6,8,15H2,1-2H3,(H,16,17). The molecule has 1 aliphatic heterocycles. The van der Waals surface area contributed by atoms with Crippen LogP contribution in [-0.2, 0) is 11.2 Å². The summed E-state index contributed by atoms with van der Waals surface area (Å²) in [5.74, 6) is -0.657. The highest BCUT2D eigenvalue weighted by atomic mass is 16.5. The van der Waals surface area contributed by atoms with Gasteiger partial charge in [0.2, 0.25) is 0 Å². The molecule has 4 nitrogen and oxygen atoms in total. The maximum atomic E-state index is 11.1. The third-order valence-electron chi connectivity index (χ3n) is 3.40. The minimum absolute atomic E-state index is 0.112. The largest absolute Gasteiger partial charge is 0.488 e. The summed E-state index contributed by atoms with van der Waals surface area (Å²) in [6.07, 6.45) is 1.84. The normalized spacial score (nSPS) is 18.6. The fourth-order valence-corrected chi connectivity index (χ4v) is 2.27. The summed E-state index contributed by atoms with van der Waals surface area (Å²) < 4.78 is 5.87. The minimum atomic E-state index is -0.880. The number of aliphatic carboxylic acids is 1. The van der Waals surface area contributed by atoms with Gasteiger partial charge in [0.1, 0.15) is 11.4 Å². The average molecular weight is 249 g/mol. The summed E-state index contributed by atoms with van der Waals surface area (Å²) >= 11 is 0. The van der Waals surface area contributed by atoms with Gasteiger partial charge in [-0.15, -0.1) is 0 Å². The molecule has 3 N–H and O–H groups in total. The van der Waals surface area contributed by atoms with Crippen LogP contribution in [0, 0.1) is 0 Å². The average Bonchev–Trinajstić information content (AvgIpc) is 2.29. The molecule has 4 heteroatoms. The lowest BCUT2D eigenvalue weighted by molar-refractivity contribution is -0.138. The van der Waals surface area contributed by atoms with E-state index in [1.165, 1.54) is 0 Å². The Bertz CT molecular complexity index is 468. The molecule has 1 aromatic rings. The number of carboxylic acid groups (broad SMARTS) is 1. The minimum Gasteiger partial charge on any atom is -0.488 e. The van der Waals surface area contributed by atoms with E-state index in [1.54, 1.807) is 6.07 Å². The first kappa shape index (κ1) is 12.9. The summed E-state index contributed by atoms with van der Waals surface area (Å²) in [5, 5.41) is 9.10. The predicted octanol–water partition coefficient (Wildman–Crippen LogP) is 1.92. The molecule has 18 heavy (non-hydrogen) atoms. The van der Waals surface area contributed by atoms with Crippen molar-refractivity contribution in [2.75, 3.05) is 6.54 Å². The number of carbonyl (C=O) groups is 1. The summed E-state index contributed by atoms with van der Waals surface area (Å²) in [5.41, 5.74) is 7.20. The number of hydrogen-bond donors (Lipinski definition) is 2. The van der Waals surface area contributed by atoms with Crippen molar-refractivity contribution >= 4 is 5.97 Å². The first-order valence-electron chi connectivity index (χ1n) is 6.17. The van der Waals surface area contributed by atoms with E-state index in [4.69, 9.17) is 15.6 Å². The molecule has 98 valence electrons. The van der Waals surface area contributed by atoms with Crippen LogP contribution < -0.4 is 10.5 Å². The van der Waals surface area contributed by atoms with E-state index < -0.39 is 11.9 Å². The zero-order valence-corrected chi connectivity index (χ0v) is 10.8. The second-order valence-electron chi connectivity index (χ2n) is 5.36. The van der Waals surface area contributed by atoms with Gasteiger partial charge in [-0.3, -0.25) is 4.79 Å². The Kier molecular flexibility index (Phi) is 3.30. The van der Waals surface area contributed by atoms with Crippen molar-refractivity contribution in [3.8, 4) is 5.75 Å². The molecule has 0 fully saturated rings. The Morgan fingerprint density at radius 3 is 2.89 bits per heavy atom. The number of nitrogens with two attached hydrogens (primary N) is 1. The van der Waals surface area contributed by atoms with Crippen molar-refractivity contribution in [1.29, 1.82) is 0 Å². The van der Waals surface area contributed by atoms with Crippen molar-refractivity contribution < 1.29 is 14.6 Å². The number of hydrogen-bond acceptors (Lipinski definition) is 3.